The van der Waals surface area contributed by atoms with Crippen LogP contribution >= 0.6 is 12.6 Å². The van der Waals surface area contributed by atoms with E-state index in [9.17, 15) is 4.79 Å². The molecule has 0 bridgehead atoms. The molecule has 58 valence electrons. The minimum atomic E-state index is 0.195. The third-order valence-corrected chi connectivity index (χ3v) is 1.76. The first-order chi connectivity index (χ1) is 4.84. The van der Waals surface area contributed by atoms with E-state index in [-0.39, 0.29) is 5.91 Å². The highest BCUT2D eigenvalue weighted by Gasteiger charge is 2.15. The number of nitrogens with one attached hydrogen (secondary N) is 1. The number of carbonyl (C=O) groups is 1. The standard InChI is InChI=1S/C6H12N2OS/c9-6-5-7-1-2-8(6)3-4-10/h7,10H,1-5H2. The molecule has 3 nitrogen and oxygen atoms in total. The highest BCUT2D eigenvalue weighted by molar-refractivity contribution is 7.80. The molecule has 0 aromatic rings. The van der Waals surface area contributed by atoms with Crippen LogP contribution in [0.5, 0.6) is 0 Å². The molecule has 1 fully saturated rings. The van der Waals surface area contributed by atoms with Crippen LogP contribution in [0.3, 0.4) is 0 Å². The quantitative estimate of drug-likeness (QED) is 0.526. The van der Waals surface area contributed by atoms with Gasteiger partial charge in [-0.3, -0.25) is 4.79 Å². The second-order valence-electron chi connectivity index (χ2n) is 2.28. The lowest BCUT2D eigenvalue weighted by atomic mass is 10.3. The Balaban J connectivity index is 2.32. The van der Waals surface area contributed by atoms with Crippen molar-refractivity contribution in [2.75, 3.05) is 31.9 Å². The van der Waals surface area contributed by atoms with Crippen molar-refractivity contribution in [3.8, 4) is 0 Å². The highest BCUT2D eigenvalue weighted by Crippen LogP contribution is 1.93. The number of piperazine rings is 1. The fraction of sp³-hybridized carbons (Fsp3) is 0.833. The van der Waals surface area contributed by atoms with Gasteiger partial charge in [0.25, 0.3) is 0 Å². The lowest BCUT2D eigenvalue weighted by Crippen LogP contribution is -2.48. The Labute approximate surface area is 66.2 Å². The Hall–Kier alpha value is -0.220. The molecule has 10 heavy (non-hydrogen) atoms. The number of rotatable bonds is 2. The number of hydrogen-bond acceptors (Lipinski definition) is 3. The summed E-state index contributed by atoms with van der Waals surface area (Å²) in [6.45, 7) is 3.02. The SMILES string of the molecule is O=C1CNCCN1CCS. The molecule has 0 atom stereocenters. The lowest BCUT2D eigenvalue weighted by molar-refractivity contribution is -0.131. The molecule has 1 heterocycles. The Morgan fingerprint density at radius 2 is 2.50 bits per heavy atom. The first-order valence-corrected chi connectivity index (χ1v) is 4.07. The average molecular weight is 160 g/mol. The molecule has 1 aliphatic heterocycles. The summed E-state index contributed by atoms with van der Waals surface area (Å²) in [5.74, 6) is 0.950. The van der Waals surface area contributed by atoms with Crippen molar-refractivity contribution in [1.82, 2.24) is 10.2 Å². The second-order valence-corrected chi connectivity index (χ2v) is 2.73. The lowest BCUT2D eigenvalue weighted by Gasteiger charge is -2.26. The van der Waals surface area contributed by atoms with Crippen LogP contribution in [0.4, 0.5) is 0 Å². The molecule has 4 heteroatoms. The minimum absolute atomic E-state index is 0.195. The predicted molar refractivity (Wildman–Crippen MR) is 43.3 cm³/mol. The van der Waals surface area contributed by atoms with Crippen LogP contribution < -0.4 is 5.32 Å². The summed E-state index contributed by atoms with van der Waals surface area (Å²) in [6, 6.07) is 0. The summed E-state index contributed by atoms with van der Waals surface area (Å²) in [5.41, 5.74) is 0. The minimum Gasteiger partial charge on any atom is -0.340 e. The van der Waals surface area contributed by atoms with Gasteiger partial charge >= 0.3 is 0 Å². The Bertz CT molecular complexity index is 127. The van der Waals surface area contributed by atoms with Crippen LogP contribution in [0.25, 0.3) is 0 Å². The number of hydrogen-bond donors (Lipinski definition) is 2. The van der Waals surface area contributed by atoms with Crippen molar-refractivity contribution < 1.29 is 4.79 Å². The van der Waals surface area contributed by atoms with E-state index >= 15 is 0 Å². The largest absolute Gasteiger partial charge is 0.340 e. The molecule has 0 saturated carbocycles. The van der Waals surface area contributed by atoms with Crippen LogP contribution in [-0.4, -0.2) is 42.7 Å². The van der Waals surface area contributed by atoms with Crippen molar-refractivity contribution >= 4 is 18.5 Å². The molecule has 1 aliphatic rings. The maximum Gasteiger partial charge on any atom is 0.236 e. The maximum absolute atomic E-state index is 11.0. The van der Waals surface area contributed by atoms with Crippen LogP contribution in [0.1, 0.15) is 0 Å². The number of amides is 1. The van der Waals surface area contributed by atoms with E-state index in [1.807, 2.05) is 4.90 Å². The van der Waals surface area contributed by atoms with Gasteiger partial charge in [0, 0.05) is 25.4 Å². The van der Waals surface area contributed by atoms with Gasteiger partial charge in [0.2, 0.25) is 5.91 Å². The molecule has 0 radical (unpaired) electrons. The highest BCUT2D eigenvalue weighted by atomic mass is 32.1. The summed E-state index contributed by atoms with van der Waals surface area (Å²) >= 11 is 4.06. The van der Waals surface area contributed by atoms with E-state index < -0.39 is 0 Å². The van der Waals surface area contributed by atoms with Gasteiger partial charge in [-0.1, -0.05) is 0 Å². The van der Waals surface area contributed by atoms with E-state index in [2.05, 4.69) is 17.9 Å². The summed E-state index contributed by atoms with van der Waals surface area (Å²) < 4.78 is 0. The Morgan fingerprint density at radius 3 is 3.10 bits per heavy atom. The molecule has 0 aliphatic carbocycles. The van der Waals surface area contributed by atoms with Crippen molar-refractivity contribution in [3.63, 3.8) is 0 Å². The van der Waals surface area contributed by atoms with Gasteiger partial charge in [0.1, 0.15) is 0 Å². The van der Waals surface area contributed by atoms with Gasteiger partial charge in [-0.25, -0.2) is 0 Å². The fourth-order valence-corrected chi connectivity index (χ4v) is 1.24. The molecule has 1 N–H and O–H groups in total. The average Bonchev–Trinajstić information content (AvgIpc) is 1.94. The van der Waals surface area contributed by atoms with Crippen LogP contribution in [0, 0.1) is 0 Å². The second kappa shape index (κ2) is 3.83. The van der Waals surface area contributed by atoms with E-state index in [0.717, 1.165) is 25.4 Å². The number of thiol groups is 1. The van der Waals surface area contributed by atoms with E-state index in [4.69, 9.17) is 0 Å². The summed E-state index contributed by atoms with van der Waals surface area (Å²) in [5, 5.41) is 3.01. The summed E-state index contributed by atoms with van der Waals surface area (Å²) in [7, 11) is 0. The van der Waals surface area contributed by atoms with E-state index in [0.29, 0.717) is 6.54 Å². The van der Waals surface area contributed by atoms with Gasteiger partial charge in [-0.05, 0) is 0 Å². The monoisotopic (exact) mass is 160 g/mol. The smallest absolute Gasteiger partial charge is 0.236 e. The number of carbonyl (C=O) groups excluding carboxylic acids is 1. The summed E-state index contributed by atoms with van der Waals surface area (Å²) in [6.07, 6.45) is 0. The maximum atomic E-state index is 11.0. The normalized spacial score (nSPS) is 19.7. The molecule has 1 rings (SSSR count). The molecule has 0 unspecified atom stereocenters. The van der Waals surface area contributed by atoms with Crippen molar-refractivity contribution in [3.05, 3.63) is 0 Å². The van der Waals surface area contributed by atoms with Crippen LogP contribution in [0.15, 0.2) is 0 Å². The molecule has 0 aromatic carbocycles. The van der Waals surface area contributed by atoms with Crippen molar-refractivity contribution in [2.45, 2.75) is 0 Å². The zero-order valence-electron chi connectivity index (χ0n) is 5.84. The van der Waals surface area contributed by atoms with Gasteiger partial charge in [0.15, 0.2) is 0 Å². The zero-order valence-corrected chi connectivity index (χ0v) is 6.73. The third kappa shape index (κ3) is 1.88. The first-order valence-electron chi connectivity index (χ1n) is 3.44. The summed E-state index contributed by atoms with van der Waals surface area (Å²) in [4.78, 5) is 12.9. The Kier molecular flexibility index (Phi) is 3.02. The first kappa shape index (κ1) is 7.88. The van der Waals surface area contributed by atoms with E-state index in [1.165, 1.54) is 0 Å². The van der Waals surface area contributed by atoms with Gasteiger partial charge < -0.3 is 10.2 Å². The predicted octanol–water partition coefficient (Wildman–Crippen LogP) is -0.652. The van der Waals surface area contributed by atoms with Crippen LogP contribution in [-0.2, 0) is 4.79 Å². The molecular formula is C6H12N2OS. The molecule has 1 saturated heterocycles. The van der Waals surface area contributed by atoms with Crippen molar-refractivity contribution in [2.24, 2.45) is 0 Å². The molecule has 0 aromatic heterocycles. The third-order valence-electron chi connectivity index (χ3n) is 1.56. The van der Waals surface area contributed by atoms with Crippen molar-refractivity contribution in [1.29, 1.82) is 0 Å². The Morgan fingerprint density at radius 1 is 1.70 bits per heavy atom. The topological polar surface area (TPSA) is 32.3 Å². The molecule has 1 amide bonds. The van der Waals surface area contributed by atoms with Crippen LogP contribution in [0.2, 0.25) is 0 Å². The molecular weight excluding hydrogens is 148 g/mol. The van der Waals surface area contributed by atoms with E-state index in [1.54, 1.807) is 0 Å². The van der Waals surface area contributed by atoms with Gasteiger partial charge in [-0.15, -0.1) is 0 Å². The fourth-order valence-electron chi connectivity index (χ4n) is 1.00. The zero-order chi connectivity index (χ0) is 7.40. The van der Waals surface area contributed by atoms with Gasteiger partial charge in [0.05, 0.1) is 6.54 Å². The van der Waals surface area contributed by atoms with Gasteiger partial charge in [-0.2, -0.15) is 12.6 Å². The number of nitrogens with zero attached hydrogens (tertiary/aromatic N) is 1. The molecule has 0 spiro atoms.